The minimum atomic E-state index is -0.264. The van der Waals surface area contributed by atoms with Gasteiger partial charge in [0, 0.05) is 36.1 Å². The van der Waals surface area contributed by atoms with Crippen molar-refractivity contribution in [1.29, 1.82) is 0 Å². The Morgan fingerprint density at radius 1 is 1.54 bits per heavy atom. The summed E-state index contributed by atoms with van der Waals surface area (Å²) in [6.07, 6.45) is 2.39. The third kappa shape index (κ3) is 5.47. The second kappa shape index (κ2) is 9.01. The predicted octanol–water partition coefficient (Wildman–Crippen LogP) is 2.64. The lowest BCUT2D eigenvalue weighted by Crippen LogP contribution is -2.47. The maximum Gasteiger partial charge on any atom is 0.217 e. The largest absolute Gasteiger partial charge is 0.370 e. The molecule has 1 saturated heterocycles. The molecule has 5 nitrogen and oxygen atoms in total. The van der Waals surface area contributed by atoms with Gasteiger partial charge in [0.05, 0.1) is 6.54 Å². The van der Waals surface area contributed by atoms with Crippen LogP contribution in [0.25, 0.3) is 0 Å². The molecule has 0 radical (unpaired) electrons. The Balaban J connectivity index is 2.09. The number of amides is 1. The molecule has 0 aliphatic carbocycles. The van der Waals surface area contributed by atoms with Crippen LogP contribution >= 0.6 is 15.9 Å². The van der Waals surface area contributed by atoms with Crippen LogP contribution in [-0.4, -0.2) is 36.4 Å². The van der Waals surface area contributed by atoms with Crippen LogP contribution in [-0.2, 0) is 11.3 Å². The van der Waals surface area contributed by atoms with E-state index in [2.05, 4.69) is 31.1 Å². The zero-order valence-corrected chi connectivity index (χ0v) is 15.5. The molecule has 132 valence electrons. The molecule has 0 spiro atoms. The van der Waals surface area contributed by atoms with Gasteiger partial charge in [-0.1, -0.05) is 15.9 Å². The average molecular weight is 399 g/mol. The van der Waals surface area contributed by atoms with E-state index in [0.717, 1.165) is 42.9 Å². The van der Waals surface area contributed by atoms with Crippen LogP contribution in [0.3, 0.4) is 0 Å². The molecule has 1 fully saturated rings. The number of guanidine groups is 1. The Bertz CT molecular complexity index is 608. The van der Waals surface area contributed by atoms with Crippen molar-refractivity contribution >= 4 is 27.8 Å². The van der Waals surface area contributed by atoms with Gasteiger partial charge in [0.25, 0.3) is 0 Å². The molecule has 0 aromatic heterocycles. The highest BCUT2D eigenvalue weighted by Crippen LogP contribution is 2.20. The smallest absolute Gasteiger partial charge is 0.217 e. The molecule has 1 atom stereocenters. The minimum absolute atomic E-state index is 0.253. The first-order chi connectivity index (χ1) is 11.5. The van der Waals surface area contributed by atoms with Gasteiger partial charge in [-0.25, -0.2) is 9.38 Å². The van der Waals surface area contributed by atoms with E-state index >= 15 is 0 Å². The van der Waals surface area contributed by atoms with E-state index in [4.69, 9.17) is 5.73 Å². The van der Waals surface area contributed by atoms with E-state index in [1.165, 1.54) is 6.07 Å². The van der Waals surface area contributed by atoms with Crippen molar-refractivity contribution in [2.24, 2.45) is 16.6 Å². The summed E-state index contributed by atoms with van der Waals surface area (Å²) >= 11 is 3.36. The number of nitrogens with one attached hydrogen (secondary N) is 1. The van der Waals surface area contributed by atoms with E-state index in [1.807, 2.05) is 6.92 Å². The number of likely N-dealkylation sites (tertiary alicyclic amines) is 1. The number of hydrogen-bond acceptors (Lipinski definition) is 2. The molecular formula is C17H24BrFN4O. The molecule has 1 aliphatic rings. The lowest BCUT2D eigenvalue weighted by atomic mass is 9.95. The topological polar surface area (TPSA) is 70.7 Å². The Hall–Kier alpha value is -1.63. The number of benzene rings is 1. The molecule has 1 unspecified atom stereocenters. The van der Waals surface area contributed by atoms with E-state index in [1.54, 1.807) is 12.1 Å². The number of halogens is 2. The van der Waals surface area contributed by atoms with Crippen molar-refractivity contribution in [3.63, 3.8) is 0 Å². The lowest BCUT2D eigenvalue weighted by molar-refractivity contribution is -0.119. The highest BCUT2D eigenvalue weighted by Gasteiger charge is 2.23. The molecule has 1 heterocycles. The fourth-order valence-electron chi connectivity index (χ4n) is 2.96. The Kier molecular flexibility index (Phi) is 7.02. The molecule has 1 aliphatic heterocycles. The highest BCUT2D eigenvalue weighted by molar-refractivity contribution is 9.10. The minimum Gasteiger partial charge on any atom is -0.370 e. The number of rotatable bonds is 5. The number of primary amides is 1. The van der Waals surface area contributed by atoms with Crippen molar-refractivity contribution in [3.8, 4) is 0 Å². The predicted molar refractivity (Wildman–Crippen MR) is 97.0 cm³/mol. The van der Waals surface area contributed by atoms with Crippen LogP contribution in [0.2, 0.25) is 0 Å². The number of hydrogen-bond donors (Lipinski definition) is 2. The van der Waals surface area contributed by atoms with Gasteiger partial charge in [0.1, 0.15) is 5.82 Å². The number of aliphatic imine (C=N–C) groups is 1. The van der Waals surface area contributed by atoms with Crippen LogP contribution < -0.4 is 11.1 Å². The van der Waals surface area contributed by atoms with Crippen molar-refractivity contribution in [3.05, 3.63) is 34.1 Å². The molecule has 0 bridgehead atoms. The van der Waals surface area contributed by atoms with Gasteiger partial charge in [-0.3, -0.25) is 4.79 Å². The molecule has 1 amide bonds. The van der Waals surface area contributed by atoms with Gasteiger partial charge in [-0.05, 0) is 43.9 Å². The van der Waals surface area contributed by atoms with Crippen molar-refractivity contribution in [2.75, 3.05) is 19.6 Å². The van der Waals surface area contributed by atoms with Gasteiger partial charge in [0.2, 0.25) is 5.91 Å². The van der Waals surface area contributed by atoms with E-state index in [-0.39, 0.29) is 24.2 Å². The summed E-state index contributed by atoms with van der Waals surface area (Å²) < 4.78 is 14.7. The van der Waals surface area contributed by atoms with E-state index in [9.17, 15) is 9.18 Å². The molecule has 24 heavy (non-hydrogen) atoms. The number of carbonyl (C=O) groups excluding carboxylic acids is 1. The zero-order chi connectivity index (χ0) is 17.5. The van der Waals surface area contributed by atoms with Crippen LogP contribution in [0.4, 0.5) is 4.39 Å². The fraction of sp³-hybridized carbons (Fsp3) is 0.529. The van der Waals surface area contributed by atoms with Gasteiger partial charge >= 0.3 is 0 Å². The summed E-state index contributed by atoms with van der Waals surface area (Å²) in [7, 11) is 0. The summed E-state index contributed by atoms with van der Waals surface area (Å²) in [5.41, 5.74) is 5.87. The summed E-state index contributed by atoms with van der Waals surface area (Å²) in [6.45, 7) is 4.62. The third-order valence-electron chi connectivity index (χ3n) is 4.05. The summed E-state index contributed by atoms with van der Waals surface area (Å²) in [5.74, 6) is 0.483. The van der Waals surface area contributed by atoms with Gasteiger partial charge in [-0.2, -0.15) is 0 Å². The Morgan fingerprint density at radius 3 is 3.04 bits per heavy atom. The molecule has 1 aromatic carbocycles. The van der Waals surface area contributed by atoms with Crippen molar-refractivity contribution < 1.29 is 9.18 Å². The van der Waals surface area contributed by atoms with Gasteiger partial charge < -0.3 is 16.0 Å². The second-order valence-corrected chi connectivity index (χ2v) is 6.95. The van der Waals surface area contributed by atoms with Gasteiger partial charge in [0.15, 0.2) is 5.96 Å². The molecule has 3 N–H and O–H groups in total. The molecule has 7 heteroatoms. The molecule has 1 aromatic rings. The molecule has 2 rings (SSSR count). The Labute approximate surface area is 150 Å². The van der Waals surface area contributed by atoms with Crippen LogP contribution in [0, 0.1) is 11.7 Å². The van der Waals surface area contributed by atoms with Crippen LogP contribution in [0.1, 0.15) is 31.7 Å². The standard InChI is InChI=1S/C17H24BrFN4O/c1-2-21-17(22-10-13-9-14(18)5-6-15(13)19)23-7-3-4-12(11-23)8-16(20)24/h5-6,9,12H,2-4,7-8,10-11H2,1H3,(H2,20,24)(H,21,22). The number of nitrogens with two attached hydrogens (primary N) is 1. The van der Waals surface area contributed by atoms with Crippen molar-refractivity contribution in [2.45, 2.75) is 32.7 Å². The fourth-order valence-corrected chi connectivity index (χ4v) is 3.37. The number of carbonyl (C=O) groups is 1. The second-order valence-electron chi connectivity index (χ2n) is 6.03. The number of piperidine rings is 1. The first-order valence-electron chi connectivity index (χ1n) is 8.25. The highest BCUT2D eigenvalue weighted by atomic mass is 79.9. The third-order valence-corrected chi connectivity index (χ3v) is 4.54. The molecule has 0 saturated carbocycles. The maximum atomic E-state index is 13.9. The van der Waals surface area contributed by atoms with E-state index in [0.29, 0.717) is 12.0 Å². The zero-order valence-electron chi connectivity index (χ0n) is 13.9. The first-order valence-corrected chi connectivity index (χ1v) is 9.04. The summed E-state index contributed by atoms with van der Waals surface area (Å²) in [5, 5.41) is 3.26. The first kappa shape index (κ1) is 18.7. The summed E-state index contributed by atoms with van der Waals surface area (Å²) in [6, 6.07) is 4.85. The quantitative estimate of drug-likeness (QED) is 0.591. The Morgan fingerprint density at radius 2 is 2.33 bits per heavy atom. The SMILES string of the molecule is CCNC(=NCc1cc(Br)ccc1F)N1CCCC(CC(N)=O)C1. The van der Waals surface area contributed by atoms with E-state index < -0.39 is 0 Å². The lowest BCUT2D eigenvalue weighted by Gasteiger charge is -2.34. The van der Waals surface area contributed by atoms with Crippen LogP contribution in [0.5, 0.6) is 0 Å². The van der Waals surface area contributed by atoms with Crippen LogP contribution in [0.15, 0.2) is 27.7 Å². The number of nitrogens with zero attached hydrogens (tertiary/aromatic N) is 2. The van der Waals surface area contributed by atoms with Crippen molar-refractivity contribution in [1.82, 2.24) is 10.2 Å². The normalized spacial score (nSPS) is 18.5. The summed E-state index contributed by atoms with van der Waals surface area (Å²) in [4.78, 5) is 17.9. The average Bonchev–Trinajstić information content (AvgIpc) is 2.54. The molecular weight excluding hydrogens is 375 g/mol. The van der Waals surface area contributed by atoms with Gasteiger partial charge in [-0.15, -0.1) is 0 Å². The monoisotopic (exact) mass is 398 g/mol. The maximum absolute atomic E-state index is 13.9.